The van der Waals surface area contributed by atoms with Crippen molar-refractivity contribution in [1.29, 1.82) is 0 Å². The predicted molar refractivity (Wildman–Crippen MR) is 84.3 cm³/mol. The first-order valence-electron chi connectivity index (χ1n) is 7.47. The number of nitrogens with one attached hydrogen (secondary N) is 1. The molecular weight excluding hydrogens is 256 g/mol. The van der Waals surface area contributed by atoms with Crippen molar-refractivity contribution in [3.63, 3.8) is 0 Å². The standard InChI is InChI=1S/C15H30N2OS/c1-7-12(5)13-15(18)17(8-11(4)9-19-6)14(16-13)10(2)3/h10-14,16H,7-9H2,1-6H3. The van der Waals surface area contributed by atoms with Gasteiger partial charge in [-0.05, 0) is 29.8 Å². The smallest absolute Gasteiger partial charge is 0.241 e. The molecule has 0 spiro atoms. The van der Waals surface area contributed by atoms with Gasteiger partial charge in [0.25, 0.3) is 0 Å². The third-order valence-electron chi connectivity index (χ3n) is 4.04. The van der Waals surface area contributed by atoms with E-state index in [9.17, 15) is 4.79 Å². The number of carbonyl (C=O) groups excluding carboxylic acids is 1. The van der Waals surface area contributed by atoms with Gasteiger partial charge in [0.05, 0.1) is 12.2 Å². The normalized spacial score (nSPS) is 27.1. The van der Waals surface area contributed by atoms with E-state index in [1.165, 1.54) is 0 Å². The van der Waals surface area contributed by atoms with Crippen molar-refractivity contribution in [1.82, 2.24) is 10.2 Å². The highest BCUT2D eigenvalue weighted by Gasteiger charge is 2.42. The molecule has 1 heterocycles. The molecule has 4 heteroatoms. The molecule has 1 saturated heterocycles. The average molecular weight is 286 g/mol. The Balaban J connectivity index is 2.77. The first-order valence-corrected chi connectivity index (χ1v) is 8.87. The second kappa shape index (κ2) is 7.53. The SMILES string of the molecule is CCC(C)C1NC(C(C)C)N(CC(C)CSC)C1=O. The Hall–Kier alpha value is -0.220. The molecule has 0 bridgehead atoms. The first-order chi connectivity index (χ1) is 8.92. The van der Waals surface area contributed by atoms with Crippen molar-refractivity contribution >= 4 is 17.7 Å². The van der Waals surface area contributed by atoms with Gasteiger partial charge in [0.15, 0.2) is 0 Å². The maximum absolute atomic E-state index is 12.6. The summed E-state index contributed by atoms with van der Waals surface area (Å²) in [6.45, 7) is 11.8. The van der Waals surface area contributed by atoms with Gasteiger partial charge in [0, 0.05) is 6.54 Å². The average Bonchev–Trinajstić information content (AvgIpc) is 2.67. The number of hydrogen-bond acceptors (Lipinski definition) is 3. The van der Waals surface area contributed by atoms with Crippen LogP contribution in [0.3, 0.4) is 0 Å². The van der Waals surface area contributed by atoms with Crippen LogP contribution in [0.2, 0.25) is 0 Å². The third kappa shape index (κ3) is 4.12. The highest BCUT2D eigenvalue weighted by atomic mass is 32.2. The van der Waals surface area contributed by atoms with E-state index in [2.05, 4.69) is 51.1 Å². The van der Waals surface area contributed by atoms with Crippen LogP contribution in [0, 0.1) is 17.8 Å². The summed E-state index contributed by atoms with van der Waals surface area (Å²) in [5.74, 6) is 2.84. The van der Waals surface area contributed by atoms with Gasteiger partial charge in [0.1, 0.15) is 0 Å². The zero-order chi connectivity index (χ0) is 14.6. The van der Waals surface area contributed by atoms with Crippen LogP contribution >= 0.6 is 11.8 Å². The highest BCUT2D eigenvalue weighted by Crippen LogP contribution is 2.24. The molecule has 0 aliphatic carbocycles. The number of amides is 1. The summed E-state index contributed by atoms with van der Waals surface area (Å²) in [5.41, 5.74) is 0. The van der Waals surface area contributed by atoms with Crippen LogP contribution in [-0.2, 0) is 4.79 Å². The van der Waals surface area contributed by atoms with E-state index in [4.69, 9.17) is 0 Å². The molecule has 1 fully saturated rings. The Morgan fingerprint density at radius 1 is 1.32 bits per heavy atom. The van der Waals surface area contributed by atoms with Crippen LogP contribution in [0.5, 0.6) is 0 Å². The van der Waals surface area contributed by atoms with Crippen LogP contribution in [0.25, 0.3) is 0 Å². The van der Waals surface area contributed by atoms with Gasteiger partial charge in [-0.25, -0.2) is 0 Å². The molecule has 1 N–H and O–H groups in total. The lowest BCUT2D eigenvalue weighted by Crippen LogP contribution is -2.43. The number of hydrogen-bond donors (Lipinski definition) is 1. The maximum atomic E-state index is 12.6. The lowest BCUT2D eigenvalue weighted by molar-refractivity contribution is -0.131. The topological polar surface area (TPSA) is 32.3 Å². The third-order valence-corrected chi connectivity index (χ3v) is 4.94. The minimum absolute atomic E-state index is 0.0129. The minimum Gasteiger partial charge on any atom is -0.325 e. The number of carbonyl (C=O) groups is 1. The molecule has 112 valence electrons. The zero-order valence-electron chi connectivity index (χ0n) is 13.3. The van der Waals surface area contributed by atoms with Crippen LogP contribution < -0.4 is 5.32 Å². The fourth-order valence-corrected chi connectivity index (χ4v) is 3.41. The van der Waals surface area contributed by atoms with E-state index in [0.717, 1.165) is 18.7 Å². The molecule has 0 radical (unpaired) electrons. The molecule has 0 aromatic carbocycles. The van der Waals surface area contributed by atoms with E-state index in [1.54, 1.807) is 0 Å². The molecule has 4 atom stereocenters. The van der Waals surface area contributed by atoms with Crippen LogP contribution in [0.1, 0.15) is 41.0 Å². The lowest BCUT2D eigenvalue weighted by atomic mass is 9.99. The van der Waals surface area contributed by atoms with Crippen LogP contribution in [0.4, 0.5) is 0 Å². The molecule has 0 saturated carbocycles. The Morgan fingerprint density at radius 2 is 1.95 bits per heavy atom. The van der Waals surface area contributed by atoms with Gasteiger partial charge in [0.2, 0.25) is 5.91 Å². The summed E-state index contributed by atoms with van der Waals surface area (Å²) >= 11 is 1.86. The quantitative estimate of drug-likeness (QED) is 0.781. The van der Waals surface area contributed by atoms with Gasteiger partial charge in [-0.2, -0.15) is 11.8 Å². The molecule has 1 aliphatic rings. The maximum Gasteiger partial charge on any atom is 0.241 e. The zero-order valence-corrected chi connectivity index (χ0v) is 14.1. The van der Waals surface area contributed by atoms with Gasteiger partial charge in [-0.15, -0.1) is 0 Å². The van der Waals surface area contributed by atoms with Crippen LogP contribution in [0.15, 0.2) is 0 Å². The summed E-state index contributed by atoms with van der Waals surface area (Å²) < 4.78 is 0. The Labute approximate surface area is 122 Å². The molecular formula is C15H30N2OS. The second-order valence-electron chi connectivity index (χ2n) is 6.27. The van der Waals surface area contributed by atoms with E-state index in [0.29, 0.717) is 23.7 Å². The second-order valence-corrected chi connectivity index (χ2v) is 7.18. The molecule has 1 rings (SSSR count). The summed E-state index contributed by atoms with van der Waals surface area (Å²) in [5, 5.41) is 3.56. The van der Waals surface area contributed by atoms with Crippen LogP contribution in [-0.4, -0.2) is 41.6 Å². The monoisotopic (exact) mass is 286 g/mol. The van der Waals surface area contributed by atoms with E-state index >= 15 is 0 Å². The summed E-state index contributed by atoms with van der Waals surface area (Å²) in [6, 6.07) is 0.0129. The van der Waals surface area contributed by atoms with Gasteiger partial charge < -0.3 is 4.90 Å². The van der Waals surface area contributed by atoms with Gasteiger partial charge in [-0.3, -0.25) is 10.1 Å². The fourth-order valence-electron chi connectivity index (χ4n) is 2.73. The fraction of sp³-hybridized carbons (Fsp3) is 0.933. The highest BCUT2D eigenvalue weighted by molar-refractivity contribution is 7.98. The molecule has 0 aromatic heterocycles. The van der Waals surface area contributed by atoms with Crippen molar-refractivity contribution in [2.45, 2.75) is 53.2 Å². The molecule has 19 heavy (non-hydrogen) atoms. The van der Waals surface area contributed by atoms with Crippen molar-refractivity contribution < 1.29 is 4.79 Å². The molecule has 0 aromatic rings. The molecule has 4 unspecified atom stereocenters. The lowest BCUT2D eigenvalue weighted by Gasteiger charge is -2.29. The number of rotatable bonds is 7. The minimum atomic E-state index is 0.0129. The molecule has 1 amide bonds. The van der Waals surface area contributed by atoms with E-state index in [1.807, 2.05) is 11.8 Å². The Kier molecular flexibility index (Phi) is 6.67. The summed E-state index contributed by atoms with van der Waals surface area (Å²) in [6.07, 6.45) is 3.38. The predicted octanol–water partition coefficient (Wildman–Crippen LogP) is 2.81. The number of thioether (sulfide) groups is 1. The first kappa shape index (κ1) is 16.8. The Bertz CT molecular complexity index is 296. The van der Waals surface area contributed by atoms with E-state index < -0.39 is 0 Å². The van der Waals surface area contributed by atoms with Crippen molar-refractivity contribution in [2.75, 3.05) is 18.6 Å². The van der Waals surface area contributed by atoms with Crippen molar-refractivity contribution in [3.8, 4) is 0 Å². The summed E-state index contributed by atoms with van der Waals surface area (Å²) in [7, 11) is 0. The molecule has 1 aliphatic heterocycles. The largest absolute Gasteiger partial charge is 0.325 e. The van der Waals surface area contributed by atoms with Gasteiger partial charge >= 0.3 is 0 Å². The van der Waals surface area contributed by atoms with Crippen molar-refractivity contribution in [2.24, 2.45) is 17.8 Å². The molecule has 3 nitrogen and oxygen atoms in total. The summed E-state index contributed by atoms with van der Waals surface area (Å²) in [4.78, 5) is 14.7. The van der Waals surface area contributed by atoms with E-state index in [-0.39, 0.29) is 12.2 Å². The Morgan fingerprint density at radius 3 is 2.42 bits per heavy atom. The van der Waals surface area contributed by atoms with Crippen molar-refractivity contribution in [3.05, 3.63) is 0 Å². The number of nitrogens with zero attached hydrogens (tertiary/aromatic N) is 1. The van der Waals surface area contributed by atoms with Gasteiger partial charge in [-0.1, -0.05) is 41.0 Å².